The van der Waals surface area contributed by atoms with E-state index in [1.165, 1.54) is 6.42 Å². The number of aliphatic hydroxyl groups is 1. The van der Waals surface area contributed by atoms with Gasteiger partial charge in [0.2, 0.25) is 0 Å². The topological polar surface area (TPSA) is 32.3 Å². The maximum atomic E-state index is 9.65. The molecule has 0 spiro atoms. The largest absolute Gasteiger partial charge is 0.393 e. The van der Waals surface area contributed by atoms with Crippen LogP contribution in [0.3, 0.4) is 0 Å². The van der Waals surface area contributed by atoms with Gasteiger partial charge in [0.25, 0.3) is 0 Å². The van der Waals surface area contributed by atoms with Crippen molar-refractivity contribution in [1.29, 1.82) is 0 Å². The molecule has 1 rings (SSSR count). The van der Waals surface area contributed by atoms with Crippen LogP contribution in [0, 0.1) is 11.8 Å². The second-order valence-corrected chi connectivity index (χ2v) is 4.38. The zero-order valence-corrected chi connectivity index (χ0v) is 8.21. The van der Waals surface area contributed by atoms with Gasteiger partial charge in [0.1, 0.15) is 0 Å². The highest BCUT2D eigenvalue weighted by Crippen LogP contribution is 2.18. The van der Waals surface area contributed by atoms with Crippen LogP contribution in [0.1, 0.15) is 33.1 Å². The van der Waals surface area contributed by atoms with Gasteiger partial charge in [-0.1, -0.05) is 13.8 Å². The van der Waals surface area contributed by atoms with Gasteiger partial charge in [-0.2, -0.15) is 0 Å². The van der Waals surface area contributed by atoms with Crippen molar-refractivity contribution in [3.63, 3.8) is 0 Å². The second kappa shape index (κ2) is 4.83. The lowest BCUT2D eigenvalue weighted by atomic mass is 9.95. The molecule has 12 heavy (non-hydrogen) atoms. The van der Waals surface area contributed by atoms with Crippen molar-refractivity contribution < 1.29 is 5.11 Å². The first-order valence-electron chi connectivity index (χ1n) is 5.07. The van der Waals surface area contributed by atoms with Crippen molar-refractivity contribution in [2.75, 3.05) is 13.1 Å². The van der Waals surface area contributed by atoms with Crippen LogP contribution < -0.4 is 5.32 Å². The van der Waals surface area contributed by atoms with Crippen molar-refractivity contribution in [2.45, 2.75) is 39.2 Å². The third-order valence-electron chi connectivity index (χ3n) is 2.51. The number of nitrogens with one attached hydrogen (secondary N) is 1. The molecule has 1 aliphatic heterocycles. The summed E-state index contributed by atoms with van der Waals surface area (Å²) in [5.41, 5.74) is 0. The molecule has 2 heteroatoms. The average molecular weight is 171 g/mol. The van der Waals surface area contributed by atoms with Crippen molar-refractivity contribution in [3.8, 4) is 0 Å². The van der Waals surface area contributed by atoms with Crippen LogP contribution in [0.5, 0.6) is 0 Å². The van der Waals surface area contributed by atoms with Gasteiger partial charge in [0.15, 0.2) is 0 Å². The summed E-state index contributed by atoms with van der Waals surface area (Å²) in [4.78, 5) is 0. The van der Waals surface area contributed by atoms with Crippen LogP contribution in [-0.4, -0.2) is 24.3 Å². The van der Waals surface area contributed by atoms with E-state index in [9.17, 15) is 5.11 Å². The summed E-state index contributed by atoms with van der Waals surface area (Å²) < 4.78 is 0. The lowest BCUT2D eigenvalue weighted by Gasteiger charge is -2.16. The van der Waals surface area contributed by atoms with Crippen LogP contribution >= 0.6 is 0 Å². The highest BCUT2D eigenvalue weighted by molar-refractivity contribution is 4.74. The molecule has 0 amide bonds. The number of aliphatic hydroxyl groups excluding tert-OH is 1. The van der Waals surface area contributed by atoms with E-state index in [-0.39, 0.29) is 6.10 Å². The Morgan fingerprint density at radius 3 is 2.75 bits per heavy atom. The van der Waals surface area contributed by atoms with E-state index < -0.39 is 0 Å². The summed E-state index contributed by atoms with van der Waals surface area (Å²) in [5, 5.41) is 13.0. The third-order valence-corrected chi connectivity index (χ3v) is 2.51. The minimum absolute atomic E-state index is 0.0742. The monoisotopic (exact) mass is 171 g/mol. The molecule has 2 unspecified atom stereocenters. The van der Waals surface area contributed by atoms with Gasteiger partial charge >= 0.3 is 0 Å². The van der Waals surface area contributed by atoms with E-state index in [0.29, 0.717) is 5.92 Å². The fourth-order valence-electron chi connectivity index (χ4n) is 1.94. The summed E-state index contributed by atoms with van der Waals surface area (Å²) in [5.74, 6) is 1.34. The van der Waals surface area contributed by atoms with Gasteiger partial charge in [0.05, 0.1) is 6.10 Å². The standard InChI is InChI=1S/C10H21NO/c1-8(2)5-10(12)6-9-3-4-11-7-9/h8-12H,3-7H2,1-2H3. The van der Waals surface area contributed by atoms with Crippen LogP contribution in [0.4, 0.5) is 0 Å². The lowest BCUT2D eigenvalue weighted by molar-refractivity contribution is 0.122. The zero-order valence-electron chi connectivity index (χ0n) is 8.21. The molecule has 0 aromatic heterocycles. The summed E-state index contributed by atoms with van der Waals surface area (Å²) in [6, 6.07) is 0. The van der Waals surface area contributed by atoms with E-state index in [1.807, 2.05) is 0 Å². The molecule has 2 atom stereocenters. The maximum Gasteiger partial charge on any atom is 0.0545 e. The van der Waals surface area contributed by atoms with Crippen molar-refractivity contribution in [1.82, 2.24) is 5.32 Å². The van der Waals surface area contributed by atoms with Gasteiger partial charge in [-0.25, -0.2) is 0 Å². The molecule has 1 heterocycles. The van der Waals surface area contributed by atoms with Gasteiger partial charge < -0.3 is 10.4 Å². The molecule has 2 nitrogen and oxygen atoms in total. The normalized spacial score (nSPS) is 26.5. The highest BCUT2D eigenvalue weighted by atomic mass is 16.3. The first-order valence-corrected chi connectivity index (χ1v) is 5.07. The summed E-state index contributed by atoms with van der Waals surface area (Å²) in [6.45, 7) is 6.57. The van der Waals surface area contributed by atoms with Crippen molar-refractivity contribution >= 4 is 0 Å². The van der Waals surface area contributed by atoms with Gasteiger partial charge in [-0.3, -0.25) is 0 Å². The van der Waals surface area contributed by atoms with Gasteiger partial charge in [0, 0.05) is 0 Å². The molecule has 0 bridgehead atoms. The molecule has 0 saturated carbocycles. The Labute approximate surface area is 75.4 Å². The predicted molar refractivity (Wildman–Crippen MR) is 51.1 cm³/mol. The lowest BCUT2D eigenvalue weighted by Crippen LogP contribution is -2.17. The molecule has 1 aliphatic rings. The van der Waals surface area contributed by atoms with E-state index in [4.69, 9.17) is 0 Å². The number of hydrogen-bond acceptors (Lipinski definition) is 2. The van der Waals surface area contributed by atoms with Crippen LogP contribution in [0.25, 0.3) is 0 Å². The van der Waals surface area contributed by atoms with E-state index >= 15 is 0 Å². The van der Waals surface area contributed by atoms with Gasteiger partial charge in [-0.05, 0) is 44.2 Å². The predicted octanol–water partition coefficient (Wildman–Crippen LogP) is 1.39. The van der Waals surface area contributed by atoms with Crippen molar-refractivity contribution in [2.24, 2.45) is 11.8 Å². The number of hydrogen-bond donors (Lipinski definition) is 2. The molecule has 2 N–H and O–H groups in total. The molecule has 1 fully saturated rings. The van der Waals surface area contributed by atoms with Gasteiger partial charge in [-0.15, -0.1) is 0 Å². The zero-order chi connectivity index (χ0) is 8.97. The Hall–Kier alpha value is -0.0800. The number of rotatable bonds is 4. The summed E-state index contributed by atoms with van der Waals surface area (Å²) in [6.07, 6.45) is 3.12. The Balaban J connectivity index is 2.11. The fraction of sp³-hybridized carbons (Fsp3) is 1.00. The molecule has 0 aromatic rings. The third kappa shape index (κ3) is 3.55. The Bertz CT molecular complexity index is 119. The van der Waals surface area contributed by atoms with Crippen LogP contribution in [0.2, 0.25) is 0 Å². The Kier molecular flexibility index (Phi) is 4.02. The molecule has 0 radical (unpaired) electrons. The summed E-state index contributed by atoms with van der Waals surface area (Å²) >= 11 is 0. The molecule has 0 aromatic carbocycles. The highest BCUT2D eigenvalue weighted by Gasteiger charge is 2.18. The van der Waals surface area contributed by atoms with Crippen LogP contribution in [0.15, 0.2) is 0 Å². The Morgan fingerprint density at radius 1 is 1.50 bits per heavy atom. The van der Waals surface area contributed by atoms with E-state index in [1.54, 1.807) is 0 Å². The first-order chi connectivity index (χ1) is 5.68. The van der Waals surface area contributed by atoms with Crippen molar-refractivity contribution in [3.05, 3.63) is 0 Å². The first kappa shape index (κ1) is 10.0. The molecular formula is C10H21NO. The fourth-order valence-corrected chi connectivity index (χ4v) is 1.94. The molecular weight excluding hydrogens is 150 g/mol. The quantitative estimate of drug-likeness (QED) is 0.670. The maximum absolute atomic E-state index is 9.65. The molecule has 72 valence electrons. The van der Waals surface area contributed by atoms with E-state index in [2.05, 4.69) is 19.2 Å². The van der Waals surface area contributed by atoms with Crippen LogP contribution in [-0.2, 0) is 0 Å². The minimum Gasteiger partial charge on any atom is -0.393 e. The second-order valence-electron chi connectivity index (χ2n) is 4.38. The molecule has 0 aliphatic carbocycles. The Morgan fingerprint density at radius 2 is 2.25 bits per heavy atom. The minimum atomic E-state index is -0.0742. The van der Waals surface area contributed by atoms with E-state index in [0.717, 1.165) is 31.8 Å². The molecule has 1 saturated heterocycles. The average Bonchev–Trinajstić information content (AvgIpc) is 2.37. The smallest absolute Gasteiger partial charge is 0.0545 e. The summed E-state index contributed by atoms with van der Waals surface area (Å²) in [7, 11) is 0. The SMILES string of the molecule is CC(C)CC(O)CC1CCNC1.